The van der Waals surface area contributed by atoms with Crippen LogP contribution in [-0.4, -0.2) is 4.98 Å². The van der Waals surface area contributed by atoms with Gasteiger partial charge in [-0.25, -0.2) is 9.37 Å². The molecule has 0 saturated carbocycles. The smallest absolute Gasteiger partial charge is 0.142 e. The molecule has 0 bridgehead atoms. The fourth-order valence-electron chi connectivity index (χ4n) is 1.10. The standard InChI is InChI=1S/C9H7FN2S/c10-7-4-2-1-3-6(7)8-9(11)12-5-13-8/h1-5H,11H2. The second-order valence-corrected chi connectivity index (χ2v) is 3.40. The zero-order valence-corrected chi connectivity index (χ0v) is 7.51. The Morgan fingerprint density at radius 3 is 2.69 bits per heavy atom. The number of nitrogen functional groups attached to an aromatic ring is 1. The number of thiazole rings is 1. The molecule has 66 valence electrons. The summed E-state index contributed by atoms with van der Waals surface area (Å²) in [5.74, 6) is 0.119. The van der Waals surface area contributed by atoms with Crippen molar-refractivity contribution in [3.8, 4) is 10.4 Å². The Morgan fingerprint density at radius 2 is 2.08 bits per heavy atom. The Balaban J connectivity index is 2.59. The summed E-state index contributed by atoms with van der Waals surface area (Å²) in [6.07, 6.45) is 0. The first-order chi connectivity index (χ1) is 6.29. The van der Waals surface area contributed by atoms with Crippen molar-refractivity contribution in [1.82, 2.24) is 4.98 Å². The number of rotatable bonds is 1. The molecule has 2 N–H and O–H groups in total. The van der Waals surface area contributed by atoms with E-state index in [-0.39, 0.29) is 5.82 Å². The molecule has 1 aromatic heterocycles. The number of halogens is 1. The van der Waals surface area contributed by atoms with Gasteiger partial charge < -0.3 is 5.73 Å². The van der Waals surface area contributed by atoms with Crippen LogP contribution in [0.3, 0.4) is 0 Å². The number of anilines is 1. The maximum Gasteiger partial charge on any atom is 0.142 e. The molecule has 1 aromatic carbocycles. The van der Waals surface area contributed by atoms with E-state index in [1.165, 1.54) is 17.4 Å². The maximum absolute atomic E-state index is 13.3. The molecule has 0 spiro atoms. The number of hydrogen-bond acceptors (Lipinski definition) is 3. The van der Waals surface area contributed by atoms with E-state index in [1.807, 2.05) is 0 Å². The average Bonchev–Trinajstić information content (AvgIpc) is 2.52. The zero-order chi connectivity index (χ0) is 9.26. The summed E-state index contributed by atoms with van der Waals surface area (Å²) < 4.78 is 13.3. The fourth-order valence-corrected chi connectivity index (χ4v) is 1.84. The number of nitrogens with two attached hydrogens (primary N) is 1. The van der Waals surface area contributed by atoms with E-state index < -0.39 is 0 Å². The summed E-state index contributed by atoms with van der Waals surface area (Å²) in [5.41, 5.74) is 7.70. The highest BCUT2D eigenvalue weighted by Crippen LogP contribution is 2.30. The molecule has 1 heterocycles. The van der Waals surface area contributed by atoms with Gasteiger partial charge in [-0.05, 0) is 6.07 Å². The molecule has 0 fully saturated rings. The van der Waals surface area contributed by atoms with Gasteiger partial charge in [-0.2, -0.15) is 0 Å². The quantitative estimate of drug-likeness (QED) is 0.757. The van der Waals surface area contributed by atoms with Gasteiger partial charge in [0.2, 0.25) is 0 Å². The Bertz CT molecular complexity index is 425. The van der Waals surface area contributed by atoms with E-state index in [2.05, 4.69) is 4.98 Å². The second kappa shape index (κ2) is 3.14. The first-order valence-corrected chi connectivity index (χ1v) is 4.61. The summed E-state index contributed by atoms with van der Waals surface area (Å²) in [6.45, 7) is 0. The van der Waals surface area contributed by atoms with Crippen LogP contribution in [0.15, 0.2) is 29.8 Å². The molecule has 0 unspecified atom stereocenters. The van der Waals surface area contributed by atoms with Gasteiger partial charge in [0.15, 0.2) is 0 Å². The van der Waals surface area contributed by atoms with E-state index in [0.717, 1.165) is 0 Å². The average molecular weight is 194 g/mol. The third-order valence-electron chi connectivity index (χ3n) is 1.71. The lowest BCUT2D eigenvalue weighted by molar-refractivity contribution is 0.632. The predicted molar refractivity (Wildman–Crippen MR) is 51.9 cm³/mol. The van der Waals surface area contributed by atoms with Crippen molar-refractivity contribution in [2.24, 2.45) is 0 Å². The molecular formula is C9H7FN2S. The van der Waals surface area contributed by atoms with Gasteiger partial charge in [0, 0.05) is 5.56 Å². The van der Waals surface area contributed by atoms with Crippen molar-refractivity contribution in [2.45, 2.75) is 0 Å². The van der Waals surface area contributed by atoms with Gasteiger partial charge in [0.05, 0.1) is 10.4 Å². The lowest BCUT2D eigenvalue weighted by Crippen LogP contribution is -1.88. The van der Waals surface area contributed by atoms with Crippen molar-refractivity contribution in [3.63, 3.8) is 0 Å². The van der Waals surface area contributed by atoms with E-state index >= 15 is 0 Å². The third-order valence-corrected chi connectivity index (χ3v) is 2.59. The molecule has 2 nitrogen and oxygen atoms in total. The monoisotopic (exact) mass is 194 g/mol. The Kier molecular flexibility index (Phi) is 1.98. The van der Waals surface area contributed by atoms with Crippen LogP contribution in [0.4, 0.5) is 10.2 Å². The first kappa shape index (κ1) is 8.19. The van der Waals surface area contributed by atoms with Crippen LogP contribution in [0.5, 0.6) is 0 Å². The summed E-state index contributed by atoms with van der Waals surface area (Å²) in [7, 11) is 0. The van der Waals surface area contributed by atoms with Crippen LogP contribution in [0.25, 0.3) is 10.4 Å². The molecule has 0 amide bonds. The lowest BCUT2D eigenvalue weighted by atomic mass is 10.2. The van der Waals surface area contributed by atoms with Crippen LogP contribution in [0.1, 0.15) is 0 Å². The van der Waals surface area contributed by atoms with Crippen LogP contribution < -0.4 is 5.73 Å². The van der Waals surface area contributed by atoms with E-state index in [4.69, 9.17) is 5.73 Å². The number of benzene rings is 1. The first-order valence-electron chi connectivity index (χ1n) is 3.73. The van der Waals surface area contributed by atoms with Gasteiger partial charge in [-0.1, -0.05) is 18.2 Å². The highest BCUT2D eigenvalue weighted by Gasteiger charge is 2.09. The topological polar surface area (TPSA) is 38.9 Å². The molecule has 13 heavy (non-hydrogen) atoms. The molecule has 0 aliphatic heterocycles. The molecule has 0 aliphatic carbocycles. The molecule has 0 aliphatic rings. The molecule has 2 rings (SSSR count). The molecule has 4 heteroatoms. The number of aromatic nitrogens is 1. The van der Waals surface area contributed by atoms with Crippen LogP contribution in [0, 0.1) is 5.82 Å². The van der Waals surface area contributed by atoms with Gasteiger partial charge in [-0.15, -0.1) is 11.3 Å². The van der Waals surface area contributed by atoms with Gasteiger partial charge in [0.25, 0.3) is 0 Å². The van der Waals surface area contributed by atoms with Gasteiger partial charge in [0.1, 0.15) is 11.6 Å². The number of nitrogens with zero attached hydrogens (tertiary/aromatic N) is 1. The lowest BCUT2D eigenvalue weighted by Gasteiger charge is -1.99. The maximum atomic E-state index is 13.3. The fraction of sp³-hybridized carbons (Fsp3) is 0. The van der Waals surface area contributed by atoms with Crippen molar-refractivity contribution in [2.75, 3.05) is 5.73 Å². The predicted octanol–water partition coefficient (Wildman–Crippen LogP) is 2.53. The van der Waals surface area contributed by atoms with Crippen LogP contribution >= 0.6 is 11.3 Å². The summed E-state index contributed by atoms with van der Waals surface area (Å²) in [6, 6.07) is 6.53. The minimum atomic E-state index is -0.265. The third kappa shape index (κ3) is 1.40. The molecule has 0 radical (unpaired) electrons. The largest absolute Gasteiger partial charge is 0.382 e. The van der Waals surface area contributed by atoms with Gasteiger partial charge >= 0.3 is 0 Å². The highest BCUT2D eigenvalue weighted by atomic mass is 32.1. The summed E-state index contributed by atoms with van der Waals surface area (Å²) in [5, 5.41) is 0. The minimum Gasteiger partial charge on any atom is -0.382 e. The zero-order valence-electron chi connectivity index (χ0n) is 6.70. The van der Waals surface area contributed by atoms with Crippen molar-refractivity contribution in [1.29, 1.82) is 0 Å². The van der Waals surface area contributed by atoms with Crippen LogP contribution in [0.2, 0.25) is 0 Å². The van der Waals surface area contributed by atoms with Crippen LogP contribution in [-0.2, 0) is 0 Å². The normalized spacial score (nSPS) is 10.2. The molecule has 0 atom stereocenters. The minimum absolute atomic E-state index is 0.265. The summed E-state index contributed by atoms with van der Waals surface area (Å²) in [4.78, 5) is 4.56. The Hall–Kier alpha value is -1.42. The van der Waals surface area contributed by atoms with Crippen molar-refractivity contribution in [3.05, 3.63) is 35.6 Å². The SMILES string of the molecule is Nc1ncsc1-c1ccccc1F. The number of hydrogen-bond donors (Lipinski definition) is 1. The Morgan fingerprint density at radius 1 is 1.31 bits per heavy atom. The molecule has 0 saturated heterocycles. The highest BCUT2D eigenvalue weighted by molar-refractivity contribution is 7.13. The van der Waals surface area contributed by atoms with E-state index in [1.54, 1.807) is 23.7 Å². The second-order valence-electron chi connectivity index (χ2n) is 2.55. The van der Waals surface area contributed by atoms with E-state index in [9.17, 15) is 4.39 Å². The summed E-state index contributed by atoms with van der Waals surface area (Å²) >= 11 is 1.34. The Labute approximate surface area is 78.9 Å². The molecule has 2 aromatic rings. The van der Waals surface area contributed by atoms with Gasteiger partial charge in [-0.3, -0.25) is 0 Å². The van der Waals surface area contributed by atoms with E-state index in [0.29, 0.717) is 16.3 Å². The van der Waals surface area contributed by atoms with Crippen molar-refractivity contribution < 1.29 is 4.39 Å². The molecular weight excluding hydrogens is 187 g/mol. The van der Waals surface area contributed by atoms with Crippen molar-refractivity contribution >= 4 is 17.2 Å².